The fraction of sp³-hybridized carbons (Fsp3) is 0.481. The molecule has 2 fully saturated rings. The summed E-state index contributed by atoms with van der Waals surface area (Å²) in [6.45, 7) is 3.69. The second-order valence-corrected chi connectivity index (χ2v) is 11.4. The lowest BCUT2D eigenvalue weighted by Gasteiger charge is -2.35. The molecule has 0 unspecified atom stereocenters. The first kappa shape index (κ1) is 26.2. The molecule has 5 rings (SSSR count). The minimum atomic E-state index is -0.563. The maximum Gasteiger partial charge on any atom is 0.246 e. The number of hydrogen-bond acceptors (Lipinski definition) is 7. The van der Waals surface area contributed by atoms with Crippen LogP contribution >= 0.6 is 27.3 Å². The van der Waals surface area contributed by atoms with E-state index in [1.165, 1.54) is 0 Å². The van der Waals surface area contributed by atoms with Crippen molar-refractivity contribution in [1.82, 2.24) is 25.5 Å². The normalized spacial score (nSPS) is 20.2. The van der Waals surface area contributed by atoms with Crippen LogP contribution in [0.2, 0.25) is 0 Å². The number of benzene rings is 1. The highest BCUT2D eigenvalue weighted by atomic mass is 79.9. The number of hydrogen-bond donors (Lipinski definition) is 2. The molecule has 2 saturated heterocycles. The lowest BCUT2D eigenvalue weighted by atomic mass is 9.90. The molecule has 4 heterocycles. The van der Waals surface area contributed by atoms with Crippen molar-refractivity contribution in [3.8, 4) is 11.3 Å². The first-order valence-corrected chi connectivity index (χ1v) is 14.5. The molecule has 10 heteroatoms. The number of ether oxygens (including phenoxy) is 1. The third kappa shape index (κ3) is 5.57. The van der Waals surface area contributed by atoms with Crippen molar-refractivity contribution >= 4 is 50.0 Å². The molecule has 3 atom stereocenters. The number of para-hydroxylation sites is 1. The summed E-state index contributed by atoms with van der Waals surface area (Å²) in [4.78, 5) is 38.3. The van der Waals surface area contributed by atoms with Crippen molar-refractivity contribution in [2.75, 3.05) is 26.8 Å². The standard InChI is InChI=1S/C27H32BrN5O3S/c1-16(29-2)25(34)32-24(17-9-12-36-13-10-17)27(35)33-11-5-8-22(33)26-31-21(15-37-26)19-14-23(28)30-20-7-4-3-6-18(19)20/h3-4,6-7,14-17,22,24,29H,5,8-13H2,1-2H3,(H,32,34)/t16-,22-,24-/m0/s1. The Kier molecular flexibility index (Phi) is 8.18. The van der Waals surface area contributed by atoms with Crippen molar-refractivity contribution in [1.29, 1.82) is 0 Å². The van der Waals surface area contributed by atoms with E-state index in [1.54, 1.807) is 25.3 Å². The minimum absolute atomic E-state index is 0.0140. The smallest absolute Gasteiger partial charge is 0.246 e. The average Bonchev–Trinajstić information content (AvgIpc) is 3.61. The molecule has 2 aromatic heterocycles. The highest BCUT2D eigenvalue weighted by molar-refractivity contribution is 9.10. The van der Waals surface area contributed by atoms with Crippen molar-refractivity contribution in [3.63, 3.8) is 0 Å². The Hall–Kier alpha value is -2.40. The summed E-state index contributed by atoms with van der Waals surface area (Å²) in [6.07, 6.45) is 3.29. The number of amides is 2. The van der Waals surface area contributed by atoms with Gasteiger partial charge >= 0.3 is 0 Å². The Morgan fingerprint density at radius 3 is 2.76 bits per heavy atom. The zero-order valence-electron chi connectivity index (χ0n) is 21.1. The zero-order valence-corrected chi connectivity index (χ0v) is 23.5. The van der Waals surface area contributed by atoms with Gasteiger partial charge in [-0.2, -0.15) is 0 Å². The number of pyridine rings is 1. The molecule has 2 amide bonds. The number of nitrogens with zero attached hydrogens (tertiary/aromatic N) is 3. The highest BCUT2D eigenvalue weighted by Crippen LogP contribution is 2.38. The van der Waals surface area contributed by atoms with Crippen LogP contribution in [0.4, 0.5) is 0 Å². The second kappa shape index (κ2) is 11.6. The number of thiazole rings is 1. The molecule has 0 spiro atoms. The van der Waals surface area contributed by atoms with E-state index in [2.05, 4.69) is 43.0 Å². The predicted molar refractivity (Wildman–Crippen MR) is 148 cm³/mol. The molecule has 196 valence electrons. The van der Waals surface area contributed by atoms with Crippen LogP contribution < -0.4 is 10.6 Å². The van der Waals surface area contributed by atoms with Crippen molar-refractivity contribution in [2.24, 2.45) is 5.92 Å². The number of fused-ring (bicyclic) bond motifs is 1. The van der Waals surface area contributed by atoms with Crippen molar-refractivity contribution in [3.05, 3.63) is 45.3 Å². The molecule has 3 aromatic rings. The topological polar surface area (TPSA) is 96.5 Å². The summed E-state index contributed by atoms with van der Waals surface area (Å²) >= 11 is 5.12. The molecular weight excluding hydrogens is 554 g/mol. The van der Waals surface area contributed by atoms with Crippen LogP contribution in [-0.2, 0) is 14.3 Å². The van der Waals surface area contributed by atoms with E-state index in [1.807, 2.05) is 29.2 Å². The Bertz CT molecular complexity index is 1280. The van der Waals surface area contributed by atoms with Gasteiger partial charge in [0.25, 0.3) is 0 Å². The Labute approximate surface area is 229 Å². The van der Waals surface area contributed by atoms with Crippen LogP contribution in [0.15, 0.2) is 40.3 Å². The maximum atomic E-state index is 14.0. The molecule has 2 aliphatic heterocycles. The van der Waals surface area contributed by atoms with Crippen LogP contribution in [0.3, 0.4) is 0 Å². The number of nitrogens with one attached hydrogen (secondary N) is 2. The van der Waals surface area contributed by atoms with E-state index in [-0.39, 0.29) is 29.8 Å². The number of carbonyl (C=O) groups is 2. The maximum absolute atomic E-state index is 14.0. The van der Waals surface area contributed by atoms with Crippen LogP contribution in [0.1, 0.15) is 43.7 Å². The lowest BCUT2D eigenvalue weighted by molar-refractivity contribution is -0.140. The van der Waals surface area contributed by atoms with E-state index < -0.39 is 6.04 Å². The number of likely N-dealkylation sites (N-methyl/N-ethyl adjacent to an activating group) is 1. The van der Waals surface area contributed by atoms with Gasteiger partial charge in [0.1, 0.15) is 15.7 Å². The largest absolute Gasteiger partial charge is 0.381 e. The fourth-order valence-corrected chi connectivity index (χ4v) is 6.61. The monoisotopic (exact) mass is 585 g/mol. The van der Waals surface area contributed by atoms with Crippen molar-refractivity contribution < 1.29 is 14.3 Å². The minimum Gasteiger partial charge on any atom is -0.381 e. The number of likely N-dealkylation sites (tertiary alicyclic amines) is 1. The number of rotatable bonds is 7. The van der Waals surface area contributed by atoms with Gasteiger partial charge in [0.2, 0.25) is 11.8 Å². The summed E-state index contributed by atoms with van der Waals surface area (Å²) in [6, 6.07) is 9.00. The van der Waals surface area contributed by atoms with E-state index >= 15 is 0 Å². The van der Waals surface area contributed by atoms with Gasteiger partial charge in [-0.15, -0.1) is 11.3 Å². The van der Waals surface area contributed by atoms with Gasteiger partial charge < -0.3 is 20.3 Å². The fourth-order valence-electron chi connectivity index (χ4n) is 5.22. The Balaban J connectivity index is 1.41. The van der Waals surface area contributed by atoms with Crippen LogP contribution in [-0.4, -0.2) is 65.6 Å². The first-order valence-electron chi connectivity index (χ1n) is 12.8. The van der Waals surface area contributed by atoms with Gasteiger partial charge in [0.05, 0.1) is 23.3 Å². The quantitative estimate of drug-likeness (QED) is 0.401. The first-order chi connectivity index (χ1) is 18.0. The third-order valence-corrected chi connectivity index (χ3v) is 8.78. The number of carbonyl (C=O) groups excluding carboxylic acids is 2. The molecular formula is C27H32BrN5O3S. The van der Waals surface area contributed by atoms with E-state index in [0.29, 0.717) is 19.8 Å². The van der Waals surface area contributed by atoms with Crippen LogP contribution in [0.5, 0.6) is 0 Å². The number of halogens is 1. The van der Waals surface area contributed by atoms with Gasteiger partial charge in [-0.1, -0.05) is 18.2 Å². The molecule has 0 radical (unpaired) electrons. The SMILES string of the molecule is CN[C@@H](C)C(=O)N[C@H](C(=O)N1CCC[C@H]1c1nc(-c2cc(Br)nc3ccccc23)cs1)C1CCOCC1. The molecule has 0 bridgehead atoms. The Morgan fingerprint density at radius 2 is 1.97 bits per heavy atom. The van der Waals surface area contributed by atoms with E-state index in [4.69, 9.17) is 9.72 Å². The van der Waals surface area contributed by atoms with Gasteiger partial charge in [-0.3, -0.25) is 9.59 Å². The van der Waals surface area contributed by atoms with E-state index in [9.17, 15) is 9.59 Å². The van der Waals surface area contributed by atoms with Gasteiger partial charge in [-0.25, -0.2) is 9.97 Å². The Morgan fingerprint density at radius 1 is 1.19 bits per heavy atom. The van der Waals surface area contributed by atoms with E-state index in [0.717, 1.165) is 57.5 Å². The lowest BCUT2D eigenvalue weighted by Crippen LogP contribution is -2.56. The summed E-state index contributed by atoms with van der Waals surface area (Å²) in [5.74, 6) is -0.113. The van der Waals surface area contributed by atoms with Gasteiger partial charge in [-0.05, 0) is 73.6 Å². The highest BCUT2D eigenvalue weighted by Gasteiger charge is 2.40. The summed E-state index contributed by atoms with van der Waals surface area (Å²) < 4.78 is 6.30. The molecule has 0 aliphatic carbocycles. The molecule has 0 saturated carbocycles. The van der Waals surface area contributed by atoms with Gasteiger partial charge in [0.15, 0.2) is 0 Å². The summed E-state index contributed by atoms with van der Waals surface area (Å²) in [5.41, 5.74) is 2.81. The molecule has 8 nitrogen and oxygen atoms in total. The van der Waals surface area contributed by atoms with Crippen LogP contribution in [0.25, 0.3) is 22.2 Å². The molecule has 2 N–H and O–H groups in total. The summed E-state index contributed by atoms with van der Waals surface area (Å²) in [7, 11) is 1.75. The third-order valence-electron chi connectivity index (χ3n) is 7.43. The second-order valence-electron chi connectivity index (χ2n) is 9.72. The summed E-state index contributed by atoms with van der Waals surface area (Å²) in [5, 5.41) is 10.1. The van der Waals surface area contributed by atoms with Crippen molar-refractivity contribution in [2.45, 2.75) is 50.7 Å². The van der Waals surface area contributed by atoms with Crippen LogP contribution in [0, 0.1) is 5.92 Å². The zero-order chi connectivity index (χ0) is 25.9. The van der Waals surface area contributed by atoms with Gasteiger partial charge in [0, 0.05) is 36.1 Å². The molecule has 1 aromatic carbocycles. The molecule has 37 heavy (non-hydrogen) atoms. The number of aromatic nitrogens is 2. The average molecular weight is 587 g/mol. The predicted octanol–water partition coefficient (Wildman–Crippen LogP) is 4.30. The molecule has 2 aliphatic rings.